The Morgan fingerprint density at radius 3 is 2.82 bits per heavy atom. The minimum absolute atomic E-state index is 0.518. The van der Waals surface area contributed by atoms with Crippen LogP contribution in [0.4, 0.5) is 0 Å². The van der Waals surface area contributed by atoms with Crippen LogP contribution in [0.3, 0.4) is 0 Å². The van der Waals surface area contributed by atoms with Gasteiger partial charge < -0.3 is 14.6 Å². The van der Waals surface area contributed by atoms with Gasteiger partial charge in [-0.05, 0) is 23.7 Å². The Morgan fingerprint density at radius 1 is 1.29 bits per heavy atom. The smallest absolute Gasteiger partial charge is 0.254 e. The first-order chi connectivity index (χ1) is 8.38. The van der Waals surface area contributed by atoms with Crippen LogP contribution < -0.4 is 10.1 Å². The minimum atomic E-state index is 0.518. The zero-order valence-electron chi connectivity index (χ0n) is 9.85. The summed E-state index contributed by atoms with van der Waals surface area (Å²) in [5.74, 6) is 1.31. The second-order valence-corrected chi connectivity index (χ2v) is 3.75. The molecule has 2 rings (SSSR count). The first kappa shape index (κ1) is 11.7. The van der Waals surface area contributed by atoms with E-state index in [1.54, 1.807) is 13.2 Å². The minimum Gasteiger partial charge on any atom is -0.479 e. The van der Waals surface area contributed by atoms with Gasteiger partial charge in [0, 0.05) is 6.07 Å². The van der Waals surface area contributed by atoms with Crippen molar-refractivity contribution in [3.8, 4) is 5.88 Å². The summed E-state index contributed by atoms with van der Waals surface area (Å²) in [5.41, 5.74) is 1.33. The molecule has 0 aliphatic carbocycles. The van der Waals surface area contributed by atoms with Gasteiger partial charge in [0.25, 0.3) is 5.88 Å². The molecule has 0 fully saturated rings. The Balaban J connectivity index is 1.69. The third kappa shape index (κ3) is 3.60. The fourth-order valence-electron chi connectivity index (χ4n) is 1.56. The molecule has 4 nitrogen and oxygen atoms in total. The fraction of sp³-hybridized carbons (Fsp3) is 0.308. The highest BCUT2D eigenvalue weighted by molar-refractivity contribution is 5.15. The van der Waals surface area contributed by atoms with Crippen LogP contribution in [0, 0.1) is 0 Å². The molecule has 17 heavy (non-hydrogen) atoms. The van der Waals surface area contributed by atoms with Gasteiger partial charge in [-0.2, -0.15) is 0 Å². The zero-order valence-corrected chi connectivity index (χ0v) is 9.85. The number of hydrogen-bond donors (Lipinski definition) is 1. The fourth-order valence-corrected chi connectivity index (χ4v) is 1.56. The Labute approximate surface area is 101 Å². The molecule has 90 valence electrons. The van der Waals surface area contributed by atoms with E-state index in [0.717, 1.165) is 18.7 Å². The van der Waals surface area contributed by atoms with Crippen molar-refractivity contribution >= 4 is 0 Å². The van der Waals surface area contributed by atoms with Gasteiger partial charge in [0.05, 0.1) is 13.7 Å². The first-order valence-corrected chi connectivity index (χ1v) is 5.62. The lowest BCUT2D eigenvalue weighted by Gasteiger charge is -2.02. The Hall–Kier alpha value is -1.81. The summed E-state index contributed by atoms with van der Waals surface area (Å²) in [5, 5.41) is 7.03. The maximum absolute atomic E-state index is 5.07. The molecule has 0 saturated carbocycles. The number of methoxy groups -OCH3 is 1. The van der Waals surface area contributed by atoms with Crippen LogP contribution in [0.25, 0.3) is 0 Å². The molecular weight excluding hydrogens is 216 g/mol. The molecule has 1 heterocycles. The van der Waals surface area contributed by atoms with Gasteiger partial charge in [-0.3, -0.25) is 0 Å². The molecule has 0 aliphatic rings. The zero-order chi connectivity index (χ0) is 11.9. The van der Waals surface area contributed by atoms with E-state index in [0.29, 0.717) is 12.4 Å². The van der Waals surface area contributed by atoms with Crippen LogP contribution in [0.15, 0.2) is 40.9 Å². The highest BCUT2D eigenvalue weighted by atomic mass is 16.5. The number of rotatable bonds is 6. The molecule has 0 saturated heterocycles. The molecule has 1 N–H and O–H groups in total. The van der Waals surface area contributed by atoms with Gasteiger partial charge >= 0.3 is 0 Å². The van der Waals surface area contributed by atoms with E-state index in [1.165, 1.54) is 5.56 Å². The summed E-state index contributed by atoms with van der Waals surface area (Å²) in [7, 11) is 1.57. The predicted octanol–water partition coefficient (Wildman–Crippen LogP) is 2.02. The van der Waals surface area contributed by atoms with Gasteiger partial charge in [-0.15, -0.1) is 0 Å². The monoisotopic (exact) mass is 232 g/mol. The average molecular weight is 232 g/mol. The van der Waals surface area contributed by atoms with Crippen LogP contribution in [0.2, 0.25) is 0 Å². The first-order valence-electron chi connectivity index (χ1n) is 5.62. The van der Waals surface area contributed by atoms with E-state index in [2.05, 4.69) is 34.7 Å². The quantitative estimate of drug-likeness (QED) is 0.774. The predicted molar refractivity (Wildman–Crippen MR) is 64.9 cm³/mol. The van der Waals surface area contributed by atoms with Gasteiger partial charge in [-0.1, -0.05) is 30.3 Å². The van der Waals surface area contributed by atoms with E-state index in [-0.39, 0.29) is 0 Å². The maximum atomic E-state index is 5.07. The maximum Gasteiger partial charge on any atom is 0.254 e. The summed E-state index contributed by atoms with van der Waals surface area (Å²) >= 11 is 0. The summed E-state index contributed by atoms with van der Waals surface area (Å²) in [6.07, 6.45) is 1.01. The normalized spacial score (nSPS) is 10.4. The lowest BCUT2D eigenvalue weighted by molar-refractivity contribution is 0.323. The topological polar surface area (TPSA) is 47.3 Å². The second kappa shape index (κ2) is 6.06. The van der Waals surface area contributed by atoms with Gasteiger partial charge in [0.2, 0.25) is 0 Å². The number of benzene rings is 1. The third-order valence-corrected chi connectivity index (χ3v) is 2.48. The SMILES string of the molecule is COc1cc(CNCCc2ccccc2)on1. The van der Waals surface area contributed by atoms with Crippen LogP contribution in [-0.2, 0) is 13.0 Å². The van der Waals surface area contributed by atoms with Crippen molar-refractivity contribution in [2.75, 3.05) is 13.7 Å². The van der Waals surface area contributed by atoms with E-state index in [9.17, 15) is 0 Å². The molecule has 0 bridgehead atoms. The van der Waals surface area contributed by atoms with E-state index in [4.69, 9.17) is 9.26 Å². The van der Waals surface area contributed by atoms with E-state index in [1.807, 2.05) is 6.07 Å². The summed E-state index contributed by atoms with van der Waals surface area (Å²) in [6, 6.07) is 12.2. The highest BCUT2D eigenvalue weighted by Crippen LogP contribution is 2.09. The highest BCUT2D eigenvalue weighted by Gasteiger charge is 2.02. The number of ether oxygens (including phenoxy) is 1. The van der Waals surface area contributed by atoms with E-state index < -0.39 is 0 Å². The van der Waals surface area contributed by atoms with Gasteiger partial charge in [0.1, 0.15) is 0 Å². The average Bonchev–Trinajstić information content (AvgIpc) is 2.84. The molecule has 0 amide bonds. The lowest BCUT2D eigenvalue weighted by atomic mass is 10.1. The molecule has 0 aliphatic heterocycles. The summed E-state index contributed by atoms with van der Waals surface area (Å²) in [4.78, 5) is 0. The summed E-state index contributed by atoms with van der Waals surface area (Å²) < 4.78 is 10.0. The molecule has 0 spiro atoms. The van der Waals surface area contributed by atoms with Crippen molar-refractivity contribution in [3.63, 3.8) is 0 Å². The van der Waals surface area contributed by atoms with Crippen molar-refractivity contribution in [1.82, 2.24) is 10.5 Å². The van der Waals surface area contributed by atoms with Crippen LogP contribution in [0.5, 0.6) is 5.88 Å². The second-order valence-electron chi connectivity index (χ2n) is 3.75. The van der Waals surface area contributed by atoms with Crippen molar-refractivity contribution in [3.05, 3.63) is 47.7 Å². The van der Waals surface area contributed by atoms with Crippen molar-refractivity contribution in [2.45, 2.75) is 13.0 Å². The van der Waals surface area contributed by atoms with Crippen LogP contribution in [0.1, 0.15) is 11.3 Å². The van der Waals surface area contributed by atoms with Crippen molar-refractivity contribution < 1.29 is 9.26 Å². The molecule has 0 unspecified atom stereocenters. The molecule has 2 aromatic rings. The molecule has 4 heteroatoms. The Bertz CT molecular complexity index is 440. The van der Waals surface area contributed by atoms with Gasteiger partial charge in [-0.25, -0.2) is 0 Å². The standard InChI is InChI=1S/C13H16N2O2/c1-16-13-9-12(17-15-13)10-14-8-7-11-5-3-2-4-6-11/h2-6,9,14H,7-8,10H2,1H3. The molecule has 1 aromatic heterocycles. The molecule has 0 atom stereocenters. The lowest BCUT2D eigenvalue weighted by Crippen LogP contribution is -2.16. The Kier molecular flexibility index (Phi) is 4.16. The number of nitrogens with one attached hydrogen (secondary N) is 1. The summed E-state index contributed by atoms with van der Waals surface area (Å²) in [6.45, 7) is 1.58. The number of aromatic nitrogens is 1. The van der Waals surface area contributed by atoms with Crippen molar-refractivity contribution in [1.29, 1.82) is 0 Å². The van der Waals surface area contributed by atoms with E-state index >= 15 is 0 Å². The molecule has 0 radical (unpaired) electrons. The Morgan fingerprint density at radius 2 is 2.12 bits per heavy atom. The number of hydrogen-bond acceptors (Lipinski definition) is 4. The van der Waals surface area contributed by atoms with Crippen LogP contribution in [-0.4, -0.2) is 18.8 Å². The molecular formula is C13H16N2O2. The molecule has 1 aromatic carbocycles. The van der Waals surface area contributed by atoms with Crippen molar-refractivity contribution in [2.24, 2.45) is 0 Å². The third-order valence-electron chi connectivity index (χ3n) is 2.48. The van der Waals surface area contributed by atoms with Crippen LogP contribution >= 0.6 is 0 Å². The number of nitrogens with zero attached hydrogens (tertiary/aromatic N) is 1. The van der Waals surface area contributed by atoms with Gasteiger partial charge in [0.15, 0.2) is 5.76 Å². The largest absolute Gasteiger partial charge is 0.479 e.